The van der Waals surface area contributed by atoms with E-state index in [1.807, 2.05) is 18.2 Å². The van der Waals surface area contributed by atoms with E-state index >= 15 is 0 Å². The van der Waals surface area contributed by atoms with Gasteiger partial charge in [0.15, 0.2) is 0 Å². The van der Waals surface area contributed by atoms with Crippen LogP contribution in [-0.2, 0) is 6.18 Å². The van der Waals surface area contributed by atoms with Crippen LogP contribution in [0.15, 0.2) is 54.6 Å². The zero-order valence-corrected chi connectivity index (χ0v) is 16.5. The number of carbonyl (C=O) groups is 1. The van der Waals surface area contributed by atoms with E-state index in [0.717, 1.165) is 32.2 Å². The highest BCUT2D eigenvalue weighted by atomic mass is 19.4. The molecular formula is C22H26F3N3O. The molecule has 0 aromatic heterocycles. The summed E-state index contributed by atoms with van der Waals surface area (Å²) in [6.07, 6.45) is -3.87. The van der Waals surface area contributed by atoms with Crippen molar-refractivity contribution < 1.29 is 18.0 Å². The van der Waals surface area contributed by atoms with Crippen LogP contribution in [0.2, 0.25) is 0 Å². The Labute approximate surface area is 169 Å². The quantitative estimate of drug-likeness (QED) is 0.743. The minimum Gasteiger partial charge on any atom is -0.352 e. The molecule has 1 saturated heterocycles. The first-order valence-electron chi connectivity index (χ1n) is 9.78. The Morgan fingerprint density at radius 3 is 2.48 bits per heavy atom. The molecule has 0 spiro atoms. The third kappa shape index (κ3) is 5.58. The Morgan fingerprint density at radius 2 is 1.76 bits per heavy atom. The molecule has 1 amide bonds. The first-order chi connectivity index (χ1) is 13.9. The summed E-state index contributed by atoms with van der Waals surface area (Å²) in [6.45, 7) is 3.92. The van der Waals surface area contributed by atoms with E-state index in [9.17, 15) is 18.0 Å². The molecule has 1 fully saturated rings. The number of amides is 1. The van der Waals surface area contributed by atoms with Gasteiger partial charge >= 0.3 is 6.18 Å². The lowest BCUT2D eigenvalue weighted by Gasteiger charge is -2.40. The van der Waals surface area contributed by atoms with Crippen LogP contribution in [0.25, 0.3) is 0 Å². The summed E-state index contributed by atoms with van der Waals surface area (Å²) in [4.78, 5) is 16.9. The summed E-state index contributed by atoms with van der Waals surface area (Å²) in [6, 6.07) is 15.4. The van der Waals surface area contributed by atoms with Crippen molar-refractivity contribution in [2.45, 2.75) is 18.6 Å². The Kier molecular flexibility index (Phi) is 6.92. The number of nitrogens with zero attached hydrogens (tertiary/aromatic N) is 2. The first-order valence-corrected chi connectivity index (χ1v) is 9.78. The number of piperazine rings is 1. The molecule has 1 N–H and O–H groups in total. The highest BCUT2D eigenvalue weighted by molar-refractivity contribution is 5.95. The van der Waals surface area contributed by atoms with Gasteiger partial charge in [0.1, 0.15) is 0 Å². The predicted molar refractivity (Wildman–Crippen MR) is 107 cm³/mol. The lowest BCUT2D eigenvalue weighted by atomic mass is 10.0. The molecule has 29 heavy (non-hydrogen) atoms. The SMILES string of the molecule is CN1CCN(CCCNC(=O)c2ccccc2C(F)(F)F)C(c2ccccc2)C1. The number of hydrogen-bond acceptors (Lipinski definition) is 3. The summed E-state index contributed by atoms with van der Waals surface area (Å²) in [5.41, 5.74) is 0.0182. The smallest absolute Gasteiger partial charge is 0.352 e. The maximum absolute atomic E-state index is 13.1. The normalized spacial score (nSPS) is 18.6. The summed E-state index contributed by atoms with van der Waals surface area (Å²) < 4.78 is 39.3. The van der Waals surface area contributed by atoms with E-state index in [2.05, 4.69) is 34.3 Å². The van der Waals surface area contributed by atoms with Crippen molar-refractivity contribution in [2.24, 2.45) is 0 Å². The highest BCUT2D eigenvalue weighted by Crippen LogP contribution is 2.31. The van der Waals surface area contributed by atoms with E-state index in [1.165, 1.54) is 23.8 Å². The molecule has 1 unspecified atom stereocenters. The van der Waals surface area contributed by atoms with Gasteiger partial charge < -0.3 is 10.2 Å². The average molecular weight is 405 g/mol. The van der Waals surface area contributed by atoms with Crippen LogP contribution in [0.3, 0.4) is 0 Å². The van der Waals surface area contributed by atoms with Gasteiger partial charge in [0.05, 0.1) is 11.1 Å². The van der Waals surface area contributed by atoms with Crippen molar-refractivity contribution in [3.05, 3.63) is 71.3 Å². The summed E-state index contributed by atoms with van der Waals surface area (Å²) >= 11 is 0. The van der Waals surface area contributed by atoms with E-state index in [4.69, 9.17) is 0 Å². The Hall–Kier alpha value is -2.38. The lowest BCUT2D eigenvalue weighted by molar-refractivity contribution is -0.137. The lowest BCUT2D eigenvalue weighted by Crippen LogP contribution is -2.47. The number of carbonyl (C=O) groups excluding carboxylic acids is 1. The number of benzene rings is 2. The summed E-state index contributed by atoms with van der Waals surface area (Å²) in [7, 11) is 2.10. The molecule has 2 aromatic carbocycles. The minimum atomic E-state index is -4.54. The molecule has 1 aliphatic heterocycles. The maximum atomic E-state index is 13.1. The molecule has 4 nitrogen and oxygen atoms in total. The predicted octanol–water partition coefficient (Wildman–Crippen LogP) is 3.81. The first kappa shape index (κ1) is 21.3. The Bertz CT molecular complexity index is 810. The van der Waals surface area contributed by atoms with E-state index in [-0.39, 0.29) is 11.6 Å². The fraction of sp³-hybridized carbons (Fsp3) is 0.409. The highest BCUT2D eigenvalue weighted by Gasteiger charge is 2.34. The van der Waals surface area contributed by atoms with E-state index < -0.39 is 17.6 Å². The topological polar surface area (TPSA) is 35.6 Å². The Balaban J connectivity index is 1.55. The van der Waals surface area contributed by atoms with Crippen LogP contribution in [-0.4, -0.2) is 55.5 Å². The third-order valence-corrected chi connectivity index (χ3v) is 5.26. The maximum Gasteiger partial charge on any atom is 0.417 e. The molecular weight excluding hydrogens is 379 g/mol. The second-order valence-corrected chi connectivity index (χ2v) is 7.38. The molecule has 156 valence electrons. The van der Waals surface area contributed by atoms with Crippen LogP contribution in [0.1, 0.15) is 33.9 Å². The van der Waals surface area contributed by atoms with Gasteiger partial charge in [-0.15, -0.1) is 0 Å². The third-order valence-electron chi connectivity index (χ3n) is 5.26. The molecule has 0 bridgehead atoms. The van der Waals surface area contributed by atoms with Crippen molar-refractivity contribution in [3.63, 3.8) is 0 Å². The fourth-order valence-corrected chi connectivity index (χ4v) is 3.72. The zero-order valence-electron chi connectivity index (χ0n) is 16.5. The molecule has 3 rings (SSSR count). The monoisotopic (exact) mass is 405 g/mol. The average Bonchev–Trinajstić information content (AvgIpc) is 2.72. The second-order valence-electron chi connectivity index (χ2n) is 7.38. The van der Waals surface area contributed by atoms with Gasteiger partial charge in [-0.2, -0.15) is 13.2 Å². The summed E-state index contributed by atoms with van der Waals surface area (Å²) in [5.74, 6) is -0.684. The minimum absolute atomic E-state index is 0.275. The zero-order chi connectivity index (χ0) is 20.9. The number of alkyl halides is 3. The second kappa shape index (κ2) is 9.41. The largest absolute Gasteiger partial charge is 0.417 e. The number of nitrogens with one attached hydrogen (secondary N) is 1. The van der Waals surface area contributed by atoms with Crippen LogP contribution in [0.4, 0.5) is 13.2 Å². The van der Waals surface area contributed by atoms with Gasteiger partial charge in [0.2, 0.25) is 0 Å². The van der Waals surface area contributed by atoms with Crippen LogP contribution >= 0.6 is 0 Å². The molecule has 7 heteroatoms. The van der Waals surface area contributed by atoms with Crippen LogP contribution in [0.5, 0.6) is 0 Å². The van der Waals surface area contributed by atoms with Gasteiger partial charge in [-0.05, 0) is 31.2 Å². The van der Waals surface area contributed by atoms with Crippen LogP contribution in [0, 0.1) is 0 Å². The number of rotatable bonds is 6. The van der Waals surface area contributed by atoms with E-state index in [0.29, 0.717) is 13.0 Å². The van der Waals surface area contributed by atoms with Crippen molar-refractivity contribution in [2.75, 3.05) is 39.8 Å². The van der Waals surface area contributed by atoms with Gasteiger partial charge in [-0.25, -0.2) is 0 Å². The molecule has 0 aliphatic carbocycles. The molecule has 0 radical (unpaired) electrons. The van der Waals surface area contributed by atoms with Gasteiger partial charge in [0, 0.05) is 38.8 Å². The number of halogens is 3. The standard InChI is InChI=1S/C22H26F3N3O/c1-27-14-15-28(20(16-27)17-8-3-2-4-9-17)13-7-12-26-21(29)18-10-5-6-11-19(18)22(23,24)25/h2-6,8-11,20H,7,12-16H2,1H3,(H,26,29). The molecule has 1 heterocycles. The number of hydrogen-bond donors (Lipinski definition) is 1. The van der Waals surface area contributed by atoms with Crippen molar-refractivity contribution in [1.82, 2.24) is 15.1 Å². The van der Waals surface area contributed by atoms with Crippen LogP contribution < -0.4 is 5.32 Å². The molecule has 1 atom stereocenters. The van der Waals surface area contributed by atoms with Gasteiger partial charge in [-0.3, -0.25) is 9.69 Å². The molecule has 2 aromatic rings. The summed E-state index contributed by atoms with van der Waals surface area (Å²) in [5, 5.41) is 2.64. The molecule has 1 aliphatic rings. The number of likely N-dealkylation sites (N-methyl/N-ethyl adjacent to an activating group) is 1. The molecule has 0 saturated carbocycles. The Morgan fingerprint density at radius 1 is 1.07 bits per heavy atom. The van der Waals surface area contributed by atoms with E-state index in [1.54, 1.807) is 0 Å². The van der Waals surface area contributed by atoms with Crippen molar-refractivity contribution >= 4 is 5.91 Å². The van der Waals surface area contributed by atoms with Crippen molar-refractivity contribution in [1.29, 1.82) is 0 Å². The van der Waals surface area contributed by atoms with Gasteiger partial charge in [0.25, 0.3) is 5.91 Å². The fourth-order valence-electron chi connectivity index (χ4n) is 3.72. The van der Waals surface area contributed by atoms with Gasteiger partial charge in [-0.1, -0.05) is 42.5 Å². The van der Waals surface area contributed by atoms with Crippen molar-refractivity contribution in [3.8, 4) is 0 Å².